The average Bonchev–Trinajstić information content (AvgIpc) is 2.85. The van der Waals surface area contributed by atoms with Gasteiger partial charge in [-0.15, -0.1) is 0 Å². The van der Waals surface area contributed by atoms with Crippen molar-refractivity contribution in [2.45, 2.75) is 84.7 Å². The van der Waals surface area contributed by atoms with E-state index in [0.717, 1.165) is 42.9 Å². The van der Waals surface area contributed by atoms with Gasteiger partial charge in [0.15, 0.2) is 0 Å². The van der Waals surface area contributed by atoms with Crippen LogP contribution >= 0.6 is 0 Å². The number of fused-ring (bicyclic) bond motifs is 5. The lowest BCUT2D eigenvalue weighted by Gasteiger charge is -2.60. The molecule has 0 spiro atoms. The van der Waals surface area contributed by atoms with Crippen molar-refractivity contribution in [3.63, 3.8) is 0 Å². The van der Waals surface area contributed by atoms with Crippen LogP contribution in [0, 0.1) is 40.4 Å². The molecule has 4 aliphatic rings. The minimum atomic E-state index is -0.0490. The Balaban J connectivity index is 1.61. The van der Waals surface area contributed by atoms with Crippen LogP contribution in [0.3, 0.4) is 0 Å². The van der Waals surface area contributed by atoms with Crippen LogP contribution in [-0.2, 0) is 4.79 Å². The summed E-state index contributed by atoms with van der Waals surface area (Å²) < 4.78 is 0. The molecular weight excluding hydrogens is 284 g/mol. The van der Waals surface area contributed by atoms with E-state index in [9.17, 15) is 9.90 Å². The number of carbonyl (C=O) groups excluding carboxylic acids is 1. The molecule has 2 nitrogen and oxygen atoms in total. The molecule has 0 amide bonds. The molecular formula is C21H34O2. The van der Waals surface area contributed by atoms with Crippen LogP contribution < -0.4 is 0 Å². The Labute approximate surface area is 141 Å². The van der Waals surface area contributed by atoms with Crippen molar-refractivity contribution >= 4 is 5.78 Å². The molecule has 4 aliphatic carbocycles. The quantitative estimate of drug-likeness (QED) is 0.767. The van der Waals surface area contributed by atoms with Crippen molar-refractivity contribution < 1.29 is 9.90 Å². The van der Waals surface area contributed by atoms with Gasteiger partial charge in [0, 0.05) is 5.92 Å². The van der Waals surface area contributed by atoms with E-state index in [1.54, 1.807) is 0 Å². The maximum Gasteiger partial charge on any atom is 0.133 e. The number of aliphatic hydroxyl groups excluding tert-OH is 1. The molecule has 4 rings (SSSR count). The lowest BCUT2D eigenvalue weighted by Crippen LogP contribution is -2.54. The van der Waals surface area contributed by atoms with Gasteiger partial charge in [-0.1, -0.05) is 13.8 Å². The van der Waals surface area contributed by atoms with Gasteiger partial charge in [0.1, 0.15) is 5.78 Å². The summed E-state index contributed by atoms with van der Waals surface area (Å²) in [6.45, 7) is 6.80. The molecule has 0 aromatic rings. The zero-order valence-corrected chi connectivity index (χ0v) is 15.2. The van der Waals surface area contributed by atoms with Gasteiger partial charge in [0.05, 0.1) is 6.10 Å². The number of carbonyl (C=O) groups is 1. The summed E-state index contributed by atoms with van der Waals surface area (Å²) in [7, 11) is 0. The third-order valence-corrected chi connectivity index (χ3v) is 9.13. The van der Waals surface area contributed by atoms with Crippen LogP contribution in [0.1, 0.15) is 78.6 Å². The van der Waals surface area contributed by atoms with Gasteiger partial charge in [0.2, 0.25) is 0 Å². The average molecular weight is 319 g/mol. The van der Waals surface area contributed by atoms with Crippen molar-refractivity contribution in [1.82, 2.24) is 0 Å². The summed E-state index contributed by atoms with van der Waals surface area (Å²) in [4.78, 5) is 12.2. The molecule has 0 heterocycles. The summed E-state index contributed by atoms with van der Waals surface area (Å²) in [5.41, 5.74) is 0.738. The number of Topliss-reactive ketones (excluding diaryl/α,β-unsaturated/α-hetero) is 1. The summed E-state index contributed by atoms with van der Waals surface area (Å²) in [5.74, 6) is 3.97. The largest absolute Gasteiger partial charge is 0.393 e. The number of hydrogen-bond acceptors (Lipinski definition) is 2. The molecule has 130 valence electrons. The van der Waals surface area contributed by atoms with E-state index in [2.05, 4.69) is 13.8 Å². The zero-order valence-electron chi connectivity index (χ0n) is 15.2. The Morgan fingerprint density at radius 1 is 0.913 bits per heavy atom. The van der Waals surface area contributed by atoms with Gasteiger partial charge in [-0.05, 0) is 99.2 Å². The Bertz CT molecular complexity index is 500. The first-order valence-corrected chi connectivity index (χ1v) is 10.0. The summed E-state index contributed by atoms with van der Waals surface area (Å²) in [5, 5.41) is 10.1. The van der Waals surface area contributed by atoms with Crippen molar-refractivity contribution in [3.05, 3.63) is 0 Å². The second kappa shape index (κ2) is 5.31. The predicted octanol–water partition coefficient (Wildman–Crippen LogP) is 4.60. The van der Waals surface area contributed by atoms with E-state index in [1.165, 1.54) is 38.5 Å². The van der Waals surface area contributed by atoms with Crippen molar-refractivity contribution in [2.75, 3.05) is 0 Å². The van der Waals surface area contributed by atoms with Crippen LogP contribution in [0.15, 0.2) is 0 Å². The van der Waals surface area contributed by atoms with E-state index >= 15 is 0 Å². The van der Waals surface area contributed by atoms with Crippen LogP contribution in [0.5, 0.6) is 0 Å². The molecule has 4 fully saturated rings. The summed E-state index contributed by atoms with van der Waals surface area (Å²) in [6, 6.07) is 0. The molecule has 0 aromatic heterocycles. The molecule has 0 radical (unpaired) electrons. The second-order valence-electron chi connectivity index (χ2n) is 9.87. The fraction of sp³-hybridized carbons (Fsp3) is 0.952. The number of rotatable bonds is 1. The lowest BCUT2D eigenvalue weighted by atomic mass is 9.44. The van der Waals surface area contributed by atoms with Crippen LogP contribution in [0.2, 0.25) is 0 Å². The first kappa shape index (κ1) is 16.1. The molecule has 23 heavy (non-hydrogen) atoms. The molecule has 4 saturated carbocycles. The maximum atomic E-state index is 12.2. The Kier molecular flexibility index (Phi) is 3.72. The van der Waals surface area contributed by atoms with Gasteiger partial charge in [-0.3, -0.25) is 4.79 Å². The van der Waals surface area contributed by atoms with Crippen molar-refractivity contribution in [3.8, 4) is 0 Å². The Morgan fingerprint density at radius 3 is 2.35 bits per heavy atom. The van der Waals surface area contributed by atoms with Gasteiger partial charge >= 0.3 is 0 Å². The Hall–Kier alpha value is -0.370. The highest BCUT2D eigenvalue weighted by atomic mass is 16.3. The molecule has 1 N–H and O–H groups in total. The normalized spacial score (nSPS) is 55.7. The van der Waals surface area contributed by atoms with Gasteiger partial charge in [-0.2, -0.15) is 0 Å². The fourth-order valence-corrected chi connectivity index (χ4v) is 7.90. The van der Waals surface area contributed by atoms with Gasteiger partial charge in [-0.25, -0.2) is 0 Å². The highest BCUT2D eigenvalue weighted by molar-refractivity contribution is 5.79. The summed E-state index contributed by atoms with van der Waals surface area (Å²) >= 11 is 0. The van der Waals surface area contributed by atoms with E-state index in [-0.39, 0.29) is 11.5 Å². The minimum absolute atomic E-state index is 0.0490. The summed E-state index contributed by atoms with van der Waals surface area (Å²) in [6.07, 6.45) is 10.9. The monoisotopic (exact) mass is 318 g/mol. The molecule has 0 saturated heterocycles. The fourth-order valence-electron chi connectivity index (χ4n) is 7.90. The zero-order chi connectivity index (χ0) is 16.4. The topological polar surface area (TPSA) is 37.3 Å². The lowest BCUT2D eigenvalue weighted by molar-refractivity contribution is -0.138. The van der Waals surface area contributed by atoms with E-state index in [1.807, 2.05) is 6.92 Å². The number of aliphatic hydroxyl groups is 1. The standard InChI is InChI=1S/C21H34O2/c1-13(22)17-6-7-18-16-5-4-14-12-15(23)8-10-20(14,2)19(16)9-11-21(17,18)3/h14-19,23H,4-12H2,1-3H3/t14-,15-,16-,17-,18-,19-,20-,21+/m0/s1. The van der Waals surface area contributed by atoms with Crippen molar-refractivity contribution in [1.29, 1.82) is 0 Å². The first-order valence-electron chi connectivity index (χ1n) is 10.0. The van der Waals surface area contributed by atoms with Crippen LogP contribution in [-0.4, -0.2) is 17.0 Å². The van der Waals surface area contributed by atoms with Crippen LogP contribution in [0.4, 0.5) is 0 Å². The molecule has 0 bridgehead atoms. The minimum Gasteiger partial charge on any atom is -0.393 e. The van der Waals surface area contributed by atoms with Crippen LogP contribution in [0.25, 0.3) is 0 Å². The highest BCUT2D eigenvalue weighted by Crippen LogP contribution is 2.67. The van der Waals surface area contributed by atoms with E-state index < -0.39 is 0 Å². The molecule has 8 atom stereocenters. The number of ketones is 1. The second-order valence-corrected chi connectivity index (χ2v) is 9.87. The molecule has 0 aromatic carbocycles. The predicted molar refractivity (Wildman–Crippen MR) is 91.9 cm³/mol. The molecule has 0 unspecified atom stereocenters. The molecule has 0 aliphatic heterocycles. The third-order valence-electron chi connectivity index (χ3n) is 9.13. The smallest absolute Gasteiger partial charge is 0.133 e. The number of hydrogen-bond donors (Lipinski definition) is 1. The third kappa shape index (κ3) is 2.19. The first-order chi connectivity index (χ1) is 10.9. The Morgan fingerprint density at radius 2 is 1.61 bits per heavy atom. The van der Waals surface area contributed by atoms with Gasteiger partial charge < -0.3 is 5.11 Å². The van der Waals surface area contributed by atoms with Crippen molar-refractivity contribution in [2.24, 2.45) is 40.4 Å². The maximum absolute atomic E-state index is 12.2. The van der Waals surface area contributed by atoms with E-state index in [0.29, 0.717) is 17.1 Å². The molecule has 2 heteroatoms. The SMILES string of the molecule is CC(=O)[C@@H]1CC[C@H]2[C@@H]3CC[C@H]4C[C@@H](O)CC[C@]4(C)[C@H]3CC[C@]12C. The van der Waals surface area contributed by atoms with E-state index in [4.69, 9.17) is 0 Å². The van der Waals surface area contributed by atoms with Gasteiger partial charge in [0.25, 0.3) is 0 Å². The highest BCUT2D eigenvalue weighted by Gasteiger charge is 2.60.